The number of carbonyl (C=O) groups excluding carboxylic acids is 1. The first-order chi connectivity index (χ1) is 15.6. The molecule has 1 aliphatic heterocycles. The molecule has 4 rings (SSSR count). The molecule has 0 N–H and O–H groups in total. The van der Waals surface area contributed by atoms with Gasteiger partial charge in [-0.2, -0.15) is 4.68 Å². The summed E-state index contributed by atoms with van der Waals surface area (Å²) in [5.41, 5.74) is 1.42. The van der Waals surface area contributed by atoms with E-state index in [1.54, 1.807) is 24.3 Å². The minimum absolute atomic E-state index is 0.0603. The highest BCUT2D eigenvalue weighted by Crippen LogP contribution is 2.35. The van der Waals surface area contributed by atoms with Gasteiger partial charge in [0, 0.05) is 11.4 Å². The first-order valence-electron chi connectivity index (χ1n) is 9.90. The van der Waals surface area contributed by atoms with Crippen molar-refractivity contribution in [3.63, 3.8) is 0 Å². The second-order valence-electron chi connectivity index (χ2n) is 6.83. The van der Waals surface area contributed by atoms with Gasteiger partial charge in [0.15, 0.2) is 25.0 Å². The number of rotatable bonds is 7. The van der Waals surface area contributed by atoms with Crippen molar-refractivity contribution in [3.05, 3.63) is 53.6 Å². The zero-order valence-electron chi connectivity index (χ0n) is 17.1. The van der Waals surface area contributed by atoms with Crippen LogP contribution in [0.25, 0.3) is 5.69 Å². The number of hydrogen-bond acceptors (Lipinski definition) is 9. The highest BCUT2D eigenvalue weighted by atomic mass is 35.5. The van der Waals surface area contributed by atoms with Gasteiger partial charge in [-0.3, -0.25) is 4.79 Å². The van der Waals surface area contributed by atoms with Crippen molar-refractivity contribution in [2.75, 3.05) is 23.6 Å². The van der Waals surface area contributed by atoms with Crippen LogP contribution in [0, 0.1) is 5.82 Å². The molecule has 0 spiro atoms. The van der Waals surface area contributed by atoms with E-state index in [1.807, 2.05) is 6.92 Å². The Morgan fingerprint density at radius 2 is 1.94 bits per heavy atom. The molecule has 10 nitrogen and oxygen atoms in total. The molecular weight excluding hydrogens is 443 g/mol. The third-order valence-corrected chi connectivity index (χ3v) is 4.86. The van der Waals surface area contributed by atoms with E-state index in [9.17, 15) is 9.18 Å². The van der Waals surface area contributed by atoms with Crippen LogP contribution in [0.3, 0.4) is 0 Å². The van der Waals surface area contributed by atoms with Crippen LogP contribution < -0.4 is 14.9 Å². The monoisotopic (exact) mass is 462 g/mol. The highest BCUT2D eigenvalue weighted by Gasteiger charge is 2.26. The highest BCUT2D eigenvalue weighted by molar-refractivity contribution is 6.31. The Morgan fingerprint density at radius 3 is 2.62 bits per heavy atom. The SMILES string of the molecule is CCCCC(=O)Oc1c(F)cccc1N1CON(c2cc(Cl)ccc2-n2cnnn2)CO1. The van der Waals surface area contributed by atoms with Crippen molar-refractivity contribution in [2.24, 2.45) is 0 Å². The molecule has 1 fully saturated rings. The quantitative estimate of drug-likeness (QED) is 0.385. The average Bonchev–Trinajstić information content (AvgIpc) is 3.34. The van der Waals surface area contributed by atoms with Crippen LogP contribution in [0.1, 0.15) is 26.2 Å². The number of unbranched alkanes of at least 4 members (excludes halogenated alkanes) is 1. The lowest BCUT2D eigenvalue weighted by Gasteiger charge is -2.36. The van der Waals surface area contributed by atoms with Gasteiger partial charge in [-0.25, -0.2) is 24.2 Å². The van der Waals surface area contributed by atoms with Crippen molar-refractivity contribution in [2.45, 2.75) is 26.2 Å². The van der Waals surface area contributed by atoms with E-state index >= 15 is 0 Å². The number of hydrogen-bond donors (Lipinski definition) is 0. The molecule has 0 bridgehead atoms. The van der Waals surface area contributed by atoms with E-state index in [1.165, 1.54) is 33.3 Å². The Morgan fingerprint density at radius 1 is 1.16 bits per heavy atom. The number of anilines is 2. The number of benzene rings is 2. The number of nitrogens with zero attached hydrogens (tertiary/aromatic N) is 6. The van der Waals surface area contributed by atoms with Gasteiger partial charge < -0.3 is 4.74 Å². The Balaban J connectivity index is 1.51. The van der Waals surface area contributed by atoms with Gasteiger partial charge >= 0.3 is 5.97 Å². The average molecular weight is 463 g/mol. The summed E-state index contributed by atoms with van der Waals surface area (Å²) in [5.74, 6) is -1.39. The Hall–Kier alpha value is -3.28. The van der Waals surface area contributed by atoms with Gasteiger partial charge in [0.2, 0.25) is 0 Å². The molecule has 1 aromatic heterocycles. The van der Waals surface area contributed by atoms with Crippen molar-refractivity contribution < 1.29 is 23.6 Å². The maximum absolute atomic E-state index is 14.4. The summed E-state index contributed by atoms with van der Waals surface area (Å²) >= 11 is 6.16. The minimum atomic E-state index is -0.672. The number of hydroxylamine groups is 2. The van der Waals surface area contributed by atoms with Gasteiger partial charge in [-0.1, -0.05) is 31.0 Å². The maximum Gasteiger partial charge on any atom is 0.311 e. The van der Waals surface area contributed by atoms with Gasteiger partial charge in [0.25, 0.3) is 0 Å². The second kappa shape index (κ2) is 9.90. The van der Waals surface area contributed by atoms with Crippen LogP contribution in [0.15, 0.2) is 42.7 Å². The topological polar surface area (TPSA) is 94.8 Å². The third-order valence-electron chi connectivity index (χ3n) is 4.63. The lowest BCUT2D eigenvalue weighted by Crippen LogP contribution is -2.43. The van der Waals surface area contributed by atoms with Crippen molar-refractivity contribution in [3.8, 4) is 11.4 Å². The fourth-order valence-corrected chi connectivity index (χ4v) is 3.21. The number of para-hydroxylation sites is 1. The van der Waals surface area contributed by atoms with E-state index in [2.05, 4.69) is 15.5 Å². The standard InChI is InChI=1S/C20H20ClFN6O4/c1-2-3-7-19(29)32-20-15(22)5-4-6-17(20)27-12-31-28(13-30-27)18-10-14(21)8-9-16(18)26-11-23-24-25-26/h4-6,8-11H,2-3,7,12-13H2,1H3. The molecule has 0 saturated carbocycles. The summed E-state index contributed by atoms with van der Waals surface area (Å²) in [7, 11) is 0. The summed E-state index contributed by atoms with van der Waals surface area (Å²) in [6.45, 7) is 1.79. The molecule has 32 heavy (non-hydrogen) atoms. The fourth-order valence-electron chi connectivity index (χ4n) is 3.04. The van der Waals surface area contributed by atoms with E-state index in [0.717, 1.165) is 6.42 Å². The largest absolute Gasteiger partial charge is 0.421 e. The molecule has 1 aliphatic rings. The van der Waals surface area contributed by atoms with Crippen molar-refractivity contribution in [1.29, 1.82) is 0 Å². The summed E-state index contributed by atoms with van der Waals surface area (Å²) in [6, 6.07) is 9.41. The molecule has 0 aliphatic carbocycles. The Labute approximate surface area is 187 Å². The van der Waals surface area contributed by atoms with Crippen LogP contribution in [-0.2, 0) is 14.5 Å². The van der Waals surface area contributed by atoms with E-state index < -0.39 is 11.8 Å². The lowest BCUT2D eigenvalue weighted by molar-refractivity contribution is -0.134. The fraction of sp³-hybridized carbons (Fsp3) is 0.300. The lowest BCUT2D eigenvalue weighted by atomic mass is 10.2. The number of tetrazole rings is 1. The van der Waals surface area contributed by atoms with Gasteiger partial charge in [-0.15, -0.1) is 5.10 Å². The Bertz CT molecular complexity index is 1080. The summed E-state index contributed by atoms with van der Waals surface area (Å²) in [4.78, 5) is 23.7. The smallest absolute Gasteiger partial charge is 0.311 e. The van der Waals surface area contributed by atoms with Gasteiger partial charge in [0.05, 0.1) is 11.4 Å². The number of carbonyl (C=O) groups is 1. The number of ether oxygens (including phenoxy) is 1. The molecular formula is C20H20ClFN6O4. The summed E-state index contributed by atoms with van der Waals surface area (Å²) < 4.78 is 21.2. The van der Waals surface area contributed by atoms with Crippen LogP contribution in [0.5, 0.6) is 5.75 Å². The van der Waals surface area contributed by atoms with Gasteiger partial charge in [0.1, 0.15) is 12.0 Å². The molecule has 0 atom stereocenters. The molecule has 3 aromatic rings. The number of halogens is 2. The first kappa shape index (κ1) is 21.9. The van der Waals surface area contributed by atoms with E-state index in [-0.39, 0.29) is 31.3 Å². The molecule has 1 saturated heterocycles. The predicted molar refractivity (Wildman–Crippen MR) is 113 cm³/mol. The normalized spacial score (nSPS) is 14.0. The molecule has 12 heteroatoms. The minimum Gasteiger partial charge on any atom is -0.421 e. The predicted octanol–water partition coefficient (Wildman–Crippen LogP) is 3.66. The zero-order valence-corrected chi connectivity index (χ0v) is 17.9. The molecule has 168 valence electrons. The molecule has 2 aromatic carbocycles. The zero-order chi connectivity index (χ0) is 22.5. The van der Waals surface area contributed by atoms with Crippen LogP contribution >= 0.6 is 11.6 Å². The second-order valence-corrected chi connectivity index (χ2v) is 7.26. The first-order valence-corrected chi connectivity index (χ1v) is 10.3. The number of esters is 1. The van der Waals surface area contributed by atoms with Gasteiger partial charge in [-0.05, 0) is 47.2 Å². The van der Waals surface area contributed by atoms with E-state index in [0.29, 0.717) is 22.8 Å². The van der Waals surface area contributed by atoms with Crippen LogP contribution in [0.4, 0.5) is 15.8 Å². The van der Waals surface area contributed by atoms with Crippen LogP contribution in [0.2, 0.25) is 5.02 Å². The van der Waals surface area contributed by atoms with Crippen molar-refractivity contribution in [1.82, 2.24) is 20.2 Å². The van der Waals surface area contributed by atoms with Crippen LogP contribution in [-0.4, -0.2) is 39.6 Å². The summed E-state index contributed by atoms with van der Waals surface area (Å²) in [5, 5.41) is 14.4. The molecule has 2 heterocycles. The third kappa shape index (κ3) is 4.79. The Kier molecular flexibility index (Phi) is 6.78. The number of aromatic nitrogens is 4. The van der Waals surface area contributed by atoms with E-state index in [4.69, 9.17) is 26.0 Å². The molecule has 0 unspecified atom stereocenters. The maximum atomic E-state index is 14.4. The summed E-state index contributed by atoms with van der Waals surface area (Å²) in [6.07, 6.45) is 3.12. The molecule has 0 amide bonds. The molecule has 0 radical (unpaired) electrons. The van der Waals surface area contributed by atoms with Crippen molar-refractivity contribution >= 4 is 28.9 Å².